The predicted octanol–water partition coefficient (Wildman–Crippen LogP) is 1.82. The third-order valence-corrected chi connectivity index (χ3v) is 3.67. The smallest absolute Gasteiger partial charge is 0.259 e. The molecule has 0 bridgehead atoms. The lowest BCUT2D eigenvalue weighted by Crippen LogP contribution is -2.36. The first-order chi connectivity index (χ1) is 8.80. The molecule has 1 aromatic heterocycles. The molecule has 0 aliphatic carbocycles. The van der Waals surface area contributed by atoms with E-state index < -0.39 is 0 Å². The Labute approximate surface area is 114 Å². The van der Waals surface area contributed by atoms with Crippen molar-refractivity contribution >= 4 is 11.7 Å². The molecule has 0 radical (unpaired) electrons. The highest BCUT2D eigenvalue weighted by Gasteiger charge is 2.25. The Morgan fingerprint density at radius 3 is 2.53 bits per heavy atom. The van der Waals surface area contributed by atoms with Crippen molar-refractivity contribution in [1.29, 1.82) is 0 Å². The van der Waals surface area contributed by atoms with Crippen molar-refractivity contribution in [3.05, 3.63) is 23.4 Å². The van der Waals surface area contributed by atoms with Crippen molar-refractivity contribution in [2.75, 3.05) is 18.8 Å². The van der Waals surface area contributed by atoms with E-state index in [1.807, 2.05) is 4.90 Å². The Morgan fingerprint density at radius 2 is 2.11 bits per heavy atom. The van der Waals surface area contributed by atoms with Gasteiger partial charge in [-0.05, 0) is 11.8 Å². The number of carbonyl (C=O) groups excluding carboxylic acids is 1. The molecule has 1 aliphatic heterocycles. The lowest BCUT2D eigenvalue weighted by molar-refractivity contribution is 0.0766. The SMILES string of the molecule is Cn1ncc(C(=O)N2CC=C(C(C)(C)C)CC2)c1N. The minimum absolute atomic E-state index is 0.0326. The quantitative estimate of drug-likeness (QED) is 0.785. The maximum atomic E-state index is 12.4. The van der Waals surface area contributed by atoms with Crippen LogP contribution in [0.4, 0.5) is 5.82 Å². The minimum Gasteiger partial charge on any atom is -0.383 e. The summed E-state index contributed by atoms with van der Waals surface area (Å²) in [5.41, 5.74) is 7.94. The van der Waals surface area contributed by atoms with Crippen LogP contribution in [0.3, 0.4) is 0 Å². The molecule has 1 aliphatic rings. The van der Waals surface area contributed by atoms with Gasteiger partial charge in [0.15, 0.2) is 0 Å². The van der Waals surface area contributed by atoms with E-state index >= 15 is 0 Å². The highest BCUT2D eigenvalue weighted by molar-refractivity contribution is 5.98. The molecule has 0 aromatic carbocycles. The highest BCUT2D eigenvalue weighted by atomic mass is 16.2. The molecule has 0 unspecified atom stereocenters. The van der Waals surface area contributed by atoms with Gasteiger partial charge in [0, 0.05) is 20.1 Å². The second kappa shape index (κ2) is 4.72. The van der Waals surface area contributed by atoms with Gasteiger partial charge in [0.2, 0.25) is 0 Å². The molecule has 2 heterocycles. The number of nitrogen functional groups attached to an aromatic ring is 1. The van der Waals surface area contributed by atoms with Gasteiger partial charge in [0.05, 0.1) is 6.20 Å². The summed E-state index contributed by atoms with van der Waals surface area (Å²) in [5.74, 6) is 0.394. The van der Waals surface area contributed by atoms with E-state index in [0.29, 0.717) is 17.9 Å². The van der Waals surface area contributed by atoms with Crippen LogP contribution < -0.4 is 5.73 Å². The zero-order chi connectivity index (χ0) is 14.2. The summed E-state index contributed by atoms with van der Waals surface area (Å²) >= 11 is 0. The first-order valence-electron chi connectivity index (χ1n) is 6.57. The van der Waals surface area contributed by atoms with Gasteiger partial charge in [-0.2, -0.15) is 5.10 Å². The fraction of sp³-hybridized carbons (Fsp3) is 0.571. The first-order valence-corrected chi connectivity index (χ1v) is 6.57. The normalized spacial score (nSPS) is 16.4. The Bertz CT molecular complexity index is 522. The van der Waals surface area contributed by atoms with Crippen LogP contribution in [0.1, 0.15) is 37.6 Å². The molecule has 5 heteroatoms. The zero-order valence-corrected chi connectivity index (χ0v) is 12.1. The van der Waals surface area contributed by atoms with Gasteiger partial charge >= 0.3 is 0 Å². The number of aryl methyl sites for hydroxylation is 1. The van der Waals surface area contributed by atoms with E-state index in [9.17, 15) is 4.79 Å². The summed E-state index contributed by atoms with van der Waals surface area (Å²) in [6, 6.07) is 0. The highest BCUT2D eigenvalue weighted by Crippen LogP contribution is 2.30. The Kier molecular flexibility index (Phi) is 3.39. The molecular weight excluding hydrogens is 240 g/mol. The number of anilines is 1. The van der Waals surface area contributed by atoms with Crippen molar-refractivity contribution in [2.24, 2.45) is 12.5 Å². The molecule has 5 nitrogen and oxygen atoms in total. The summed E-state index contributed by atoms with van der Waals surface area (Å²) in [5, 5.41) is 4.02. The Hall–Kier alpha value is -1.78. The Morgan fingerprint density at radius 1 is 1.42 bits per heavy atom. The third-order valence-electron chi connectivity index (χ3n) is 3.67. The molecule has 0 saturated heterocycles. The molecule has 0 atom stereocenters. The molecule has 1 amide bonds. The van der Waals surface area contributed by atoms with Crippen molar-refractivity contribution in [1.82, 2.24) is 14.7 Å². The average Bonchev–Trinajstić information content (AvgIpc) is 2.68. The van der Waals surface area contributed by atoms with Gasteiger partial charge in [-0.3, -0.25) is 9.48 Å². The van der Waals surface area contributed by atoms with Crippen molar-refractivity contribution < 1.29 is 4.79 Å². The van der Waals surface area contributed by atoms with E-state index in [2.05, 4.69) is 31.9 Å². The van der Waals surface area contributed by atoms with E-state index in [-0.39, 0.29) is 11.3 Å². The monoisotopic (exact) mass is 262 g/mol. The summed E-state index contributed by atoms with van der Waals surface area (Å²) < 4.78 is 1.52. The van der Waals surface area contributed by atoms with Gasteiger partial charge in [0.1, 0.15) is 11.4 Å². The van der Waals surface area contributed by atoms with Gasteiger partial charge in [0.25, 0.3) is 5.91 Å². The fourth-order valence-electron chi connectivity index (χ4n) is 2.32. The standard InChI is InChI=1S/C14H22N4O/c1-14(2,3)10-5-7-18(8-6-10)13(19)11-9-16-17(4)12(11)15/h5,9H,6-8,15H2,1-4H3. The van der Waals surface area contributed by atoms with Crippen LogP contribution in [0, 0.1) is 5.41 Å². The largest absolute Gasteiger partial charge is 0.383 e. The van der Waals surface area contributed by atoms with E-state index in [4.69, 9.17) is 5.73 Å². The van der Waals surface area contributed by atoms with Crippen molar-refractivity contribution in [3.8, 4) is 0 Å². The van der Waals surface area contributed by atoms with Gasteiger partial charge in [-0.15, -0.1) is 0 Å². The molecule has 2 N–H and O–H groups in total. The van der Waals surface area contributed by atoms with E-state index in [0.717, 1.165) is 13.0 Å². The lowest BCUT2D eigenvalue weighted by atomic mass is 9.83. The van der Waals surface area contributed by atoms with Gasteiger partial charge in [-0.25, -0.2) is 0 Å². The molecule has 0 fully saturated rings. The van der Waals surface area contributed by atoms with Crippen molar-refractivity contribution in [3.63, 3.8) is 0 Å². The zero-order valence-electron chi connectivity index (χ0n) is 12.1. The van der Waals surface area contributed by atoms with E-state index in [1.54, 1.807) is 13.2 Å². The van der Waals surface area contributed by atoms with Crippen LogP contribution in [0.15, 0.2) is 17.8 Å². The number of rotatable bonds is 1. The van der Waals surface area contributed by atoms with Crippen LogP contribution in [0.2, 0.25) is 0 Å². The maximum absolute atomic E-state index is 12.4. The minimum atomic E-state index is -0.0326. The van der Waals surface area contributed by atoms with E-state index in [1.165, 1.54) is 10.3 Å². The number of hydrogen-bond acceptors (Lipinski definition) is 3. The van der Waals surface area contributed by atoms with Crippen LogP contribution in [0.5, 0.6) is 0 Å². The third kappa shape index (κ3) is 2.64. The topological polar surface area (TPSA) is 64.2 Å². The molecule has 104 valence electrons. The van der Waals surface area contributed by atoms with Crippen molar-refractivity contribution in [2.45, 2.75) is 27.2 Å². The maximum Gasteiger partial charge on any atom is 0.259 e. The number of amides is 1. The number of nitrogens with two attached hydrogens (primary N) is 1. The van der Waals surface area contributed by atoms with Crippen LogP contribution in [-0.4, -0.2) is 33.7 Å². The Balaban J connectivity index is 2.12. The second-order valence-electron chi connectivity index (χ2n) is 6.05. The van der Waals surface area contributed by atoms with Gasteiger partial charge < -0.3 is 10.6 Å². The first kappa shape index (κ1) is 13.6. The molecule has 2 rings (SSSR count). The molecule has 19 heavy (non-hydrogen) atoms. The summed E-state index contributed by atoms with van der Waals surface area (Å²) in [6.07, 6.45) is 4.63. The predicted molar refractivity (Wildman–Crippen MR) is 75.7 cm³/mol. The average molecular weight is 262 g/mol. The molecule has 1 aromatic rings. The summed E-state index contributed by atoms with van der Waals surface area (Å²) in [7, 11) is 1.74. The van der Waals surface area contributed by atoms with Gasteiger partial charge in [-0.1, -0.05) is 32.4 Å². The number of hydrogen-bond donors (Lipinski definition) is 1. The number of aromatic nitrogens is 2. The van der Waals surface area contributed by atoms with Crippen LogP contribution >= 0.6 is 0 Å². The van der Waals surface area contributed by atoms with Crippen LogP contribution in [-0.2, 0) is 7.05 Å². The molecule has 0 spiro atoms. The number of nitrogens with zero attached hydrogens (tertiary/aromatic N) is 3. The number of carbonyl (C=O) groups is 1. The molecular formula is C14H22N4O. The fourth-order valence-corrected chi connectivity index (χ4v) is 2.32. The second-order valence-corrected chi connectivity index (χ2v) is 6.05. The lowest BCUT2D eigenvalue weighted by Gasteiger charge is -2.32. The molecule has 0 saturated carbocycles. The summed E-state index contributed by atoms with van der Waals surface area (Å²) in [4.78, 5) is 14.2. The summed E-state index contributed by atoms with van der Waals surface area (Å²) in [6.45, 7) is 8.01. The van der Waals surface area contributed by atoms with Crippen LogP contribution in [0.25, 0.3) is 0 Å².